The third-order valence-electron chi connectivity index (χ3n) is 4.99. The number of nitrogens with zero attached hydrogens (tertiary/aromatic N) is 2. The molecule has 0 spiro atoms. The normalized spacial score (nSPS) is 11.9. The van der Waals surface area contributed by atoms with Crippen LogP contribution in [0.2, 0.25) is 0 Å². The van der Waals surface area contributed by atoms with Crippen LogP contribution in [-0.4, -0.2) is 15.7 Å². The van der Waals surface area contributed by atoms with Crippen molar-refractivity contribution in [2.24, 2.45) is 5.73 Å². The molecular weight excluding hydrogens is 395 g/mol. The summed E-state index contributed by atoms with van der Waals surface area (Å²) in [6.45, 7) is 3.46. The second kappa shape index (κ2) is 7.05. The number of halogens is 3. The monoisotopic (exact) mass is 413 g/mol. The van der Waals surface area contributed by atoms with Crippen molar-refractivity contribution in [3.05, 3.63) is 82.4 Å². The molecule has 0 bridgehead atoms. The fraction of sp³-hybridized carbons (Fsp3) is 0.182. The topological polar surface area (TPSA) is 74.1 Å². The molecule has 2 aromatic carbocycles. The highest BCUT2D eigenvalue weighted by atomic mass is 19.4. The summed E-state index contributed by atoms with van der Waals surface area (Å²) >= 11 is 0. The van der Waals surface area contributed by atoms with Gasteiger partial charge in [-0.25, -0.2) is 4.68 Å². The summed E-state index contributed by atoms with van der Waals surface area (Å²) in [5.74, 6) is -0.0331. The summed E-state index contributed by atoms with van der Waals surface area (Å²) in [7, 11) is 0. The average molecular weight is 413 g/mol. The van der Waals surface area contributed by atoms with Crippen LogP contribution in [0, 0.1) is 13.8 Å². The fourth-order valence-electron chi connectivity index (χ4n) is 3.66. The number of aryl methyl sites for hydroxylation is 1. The first kappa shape index (κ1) is 19.8. The third-order valence-corrected chi connectivity index (χ3v) is 4.99. The van der Waals surface area contributed by atoms with Gasteiger partial charge < -0.3 is 10.2 Å². The zero-order valence-electron chi connectivity index (χ0n) is 16.2. The number of fused-ring (bicyclic) bond motifs is 1. The quantitative estimate of drug-likeness (QED) is 0.515. The van der Waals surface area contributed by atoms with Crippen LogP contribution in [0.15, 0.2) is 52.9 Å². The molecule has 2 aromatic heterocycles. The van der Waals surface area contributed by atoms with Gasteiger partial charge in [0, 0.05) is 11.8 Å². The second-order valence-electron chi connectivity index (χ2n) is 7.10. The van der Waals surface area contributed by atoms with Crippen LogP contribution in [0.3, 0.4) is 0 Å². The number of hydrogen-bond acceptors (Lipinski definition) is 3. The van der Waals surface area contributed by atoms with E-state index < -0.39 is 17.6 Å². The van der Waals surface area contributed by atoms with E-state index in [2.05, 4.69) is 5.10 Å². The molecule has 0 saturated carbocycles. The van der Waals surface area contributed by atoms with E-state index in [4.69, 9.17) is 10.2 Å². The Morgan fingerprint density at radius 2 is 1.87 bits per heavy atom. The molecule has 1 amide bonds. The highest BCUT2D eigenvalue weighted by Gasteiger charge is 2.30. The number of amides is 1. The van der Waals surface area contributed by atoms with Gasteiger partial charge in [0.05, 0.1) is 28.2 Å². The molecule has 154 valence electrons. The van der Waals surface area contributed by atoms with Gasteiger partial charge in [-0.3, -0.25) is 4.79 Å². The van der Waals surface area contributed by atoms with Crippen molar-refractivity contribution < 1.29 is 22.4 Å². The molecule has 0 unspecified atom stereocenters. The van der Waals surface area contributed by atoms with Crippen molar-refractivity contribution in [1.29, 1.82) is 0 Å². The lowest BCUT2D eigenvalue weighted by Crippen LogP contribution is -2.13. The number of carbonyl (C=O) groups is 1. The van der Waals surface area contributed by atoms with E-state index >= 15 is 0 Å². The molecule has 0 radical (unpaired) electrons. The van der Waals surface area contributed by atoms with Crippen molar-refractivity contribution in [2.75, 3.05) is 0 Å². The number of furan rings is 1. The van der Waals surface area contributed by atoms with Crippen molar-refractivity contribution in [3.63, 3.8) is 0 Å². The van der Waals surface area contributed by atoms with Gasteiger partial charge in [0.15, 0.2) is 0 Å². The van der Waals surface area contributed by atoms with E-state index in [-0.39, 0.29) is 6.42 Å². The van der Waals surface area contributed by atoms with E-state index in [0.717, 1.165) is 17.5 Å². The minimum Gasteiger partial charge on any atom is -0.461 e. The van der Waals surface area contributed by atoms with Gasteiger partial charge in [0.1, 0.15) is 11.3 Å². The number of alkyl halides is 3. The van der Waals surface area contributed by atoms with Crippen LogP contribution in [-0.2, 0) is 12.6 Å². The lowest BCUT2D eigenvalue weighted by atomic mass is 10.1. The molecular formula is C22H18F3N3O2. The Morgan fingerprint density at radius 1 is 1.13 bits per heavy atom. The highest BCUT2D eigenvalue weighted by molar-refractivity contribution is 5.95. The standard InChI is InChI=1S/C22H18F3N3O2/c1-12-20(21(26)29)13(2)28(27-12)18-7-4-8-19-17(18)11-16(30-19)10-14-5-3-6-15(9-14)22(23,24)25/h3-9,11H,10H2,1-2H3,(H2,26,29). The van der Waals surface area contributed by atoms with Crippen LogP contribution in [0.1, 0.15) is 38.6 Å². The Bertz CT molecular complexity index is 1270. The minimum atomic E-state index is -4.40. The van der Waals surface area contributed by atoms with Crippen LogP contribution >= 0.6 is 0 Å². The first-order valence-corrected chi connectivity index (χ1v) is 9.19. The number of primary amides is 1. The summed E-state index contributed by atoms with van der Waals surface area (Å²) < 4.78 is 46.4. The maximum absolute atomic E-state index is 13.0. The van der Waals surface area contributed by atoms with Gasteiger partial charge in [0.2, 0.25) is 0 Å². The van der Waals surface area contributed by atoms with E-state index in [1.54, 1.807) is 42.8 Å². The summed E-state index contributed by atoms with van der Waals surface area (Å²) in [6.07, 6.45) is -4.19. The van der Waals surface area contributed by atoms with E-state index in [1.165, 1.54) is 6.07 Å². The zero-order chi connectivity index (χ0) is 21.6. The first-order valence-electron chi connectivity index (χ1n) is 9.19. The molecule has 8 heteroatoms. The molecule has 5 nitrogen and oxygen atoms in total. The largest absolute Gasteiger partial charge is 0.461 e. The van der Waals surface area contributed by atoms with Gasteiger partial charge in [-0.15, -0.1) is 0 Å². The SMILES string of the molecule is Cc1nn(-c2cccc3oc(Cc4cccc(C(F)(F)F)c4)cc23)c(C)c1C(N)=O. The molecule has 2 heterocycles. The number of nitrogens with two attached hydrogens (primary N) is 1. The van der Waals surface area contributed by atoms with Crippen LogP contribution in [0.4, 0.5) is 13.2 Å². The maximum atomic E-state index is 13.0. The third kappa shape index (κ3) is 3.45. The highest BCUT2D eigenvalue weighted by Crippen LogP contribution is 2.32. The molecule has 0 fully saturated rings. The predicted molar refractivity (Wildman–Crippen MR) is 106 cm³/mol. The number of benzene rings is 2. The van der Waals surface area contributed by atoms with Gasteiger partial charge >= 0.3 is 6.18 Å². The molecule has 0 aliphatic heterocycles. The van der Waals surface area contributed by atoms with Gasteiger partial charge in [-0.05, 0) is 43.7 Å². The molecule has 0 saturated heterocycles. The maximum Gasteiger partial charge on any atom is 0.416 e. The van der Waals surface area contributed by atoms with Gasteiger partial charge in [-0.1, -0.05) is 24.3 Å². The summed E-state index contributed by atoms with van der Waals surface area (Å²) in [5.41, 5.74) is 8.01. The van der Waals surface area contributed by atoms with E-state index in [1.807, 2.05) is 6.07 Å². The van der Waals surface area contributed by atoms with Crippen LogP contribution < -0.4 is 5.73 Å². The second-order valence-corrected chi connectivity index (χ2v) is 7.10. The zero-order valence-corrected chi connectivity index (χ0v) is 16.2. The van der Waals surface area contributed by atoms with E-state index in [0.29, 0.717) is 39.5 Å². The Labute approximate surface area is 169 Å². The van der Waals surface area contributed by atoms with Crippen molar-refractivity contribution in [2.45, 2.75) is 26.4 Å². The Kier molecular flexibility index (Phi) is 4.64. The Morgan fingerprint density at radius 3 is 2.53 bits per heavy atom. The Hall–Kier alpha value is -3.55. The van der Waals surface area contributed by atoms with Crippen molar-refractivity contribution >= 4 is 16.9 Å². The molecule has 4 rings (SSSR count). The predicted octanol–water partition coefficient (Wildman–Crippen LogP) is 4.94. The lowest BCUT2D eigenvalue weighted by molar-refractivity contribution is -0.137. The van der Waals surface area contributed by atoms with Gasteiger partial charge in [0.25, 0.3) is 5.91 Å². The number of aromatic nitrogens is 2. The lowest BCUT2D eigenvalue weighted by Gasteiger charge is -2.07. The van der Waals surface area contributed by atoms with Crippen molar-refractivity contribution in [3.8, 4) is 5.69 Å². The summed E-state index contributed by atoms with van der Waals surface area (Å²) in [5, 5.41) is 5.17. The number of hydrogen-bond donors (Lipinski definition) is 1. The molecule has 0 atom stereocenters. The number of rotatable bonds is 4. The molecule has 0 aliphatic carbocycles. The fourth-order valence-corrected chi connectivity index (χ4v) is 3.66. The van der Waals surface area contributed by atoms with Gasteiger partial charge in [-0.2, -0.15) is 18.3 Å². The van der Waals surface area contributed by atoms with Crippen LogP contribution in [0.25, 0.3) is 16.7 Å². The number of carbonyl (C=O) groups excluding carboxylic acids is 1. The first-order chi connectivity index (χ1) is 14.1. The summed E-state index contributed by atoms with van der Waals surface area (Å²) in [6, 6.07) is 12.3. The van der Waals surface area contributed by atoms with E-state index in [9.17, 15) is 18.0 Å². The molecule has 4 aromatic rings. The molecule has 2 N–H and O–H groups in total. The Balaban J connectivity index is 1.76. The average Bonchev–Trinajstić information content (AvgIpc) is 3.20. The summed E-state index contributed by atoms with van der Waals surface area (Å²) in [4.78, 5) is 11.7. The van der Waals surface area contributed by atoms with Crippen LogP contribution in [0.5, 0.6) is 0 Å². The molecule has 30 heavy (non-hydrogen) atoms. The van der Waals surface area contributed by atoms with Crippen molar-refractivity contribution in [1.82, 2.24) is 9.78 Å². The minimum absolute atomic E-state index is 0.210. The molecule has 0 aliphatic rings. The smallest absolute Gasteiger partial charge is 0.416 e.